The number of nitrogens with zero attached hydrogens (tertiary/aromatic N) is 3. The summed E-state index contributed by atoms with van der Waals surface area (Å²) in [7, 11) is 0. The van der Waals surface area contributed by atoms with E-state index in [1.165, 1.54) is 6.42 Å². The predicted molar refractivity (Wildman–Crippen MR) is 88.1 cm³/mol. The van der Waals surface area contributed by atoms with Gasteiger partial charge in [-0.15, -0.1) is 10.2 Å². The molecule has 2 heterocycles. The number of rotatable bonds is 4. The molecule has 3 rings (SSSR count). The van der Waals surface area contributed by atoms with E-state index in [4.69, 9.17) is 11.6 Å². The Morgan fingerprint density at radius 2 is 1.87 bits per heavy atom. The molecule has 1 aromatic heterocycles. The standard InChI is InChI=1S/C16H20ClN5O/c17-13-7-5-12(6-8-13)10-18-16(23)19-11-15-21-20-14-4-2-1-3-9-22(14)15/h5-8H,1-4,9-11H2,(H2,18,19,23). The first-order valence-corrected chi connectivity index (χ1v) is 8.27. The van der Waals surface area contributed by atoms with Crippen LogP contribution in [0.15, 0.2) is 24.3 Å². The first kappa shape index (κ1) is 15.8. The van der Waals surface area contributed by atoms with Crippen LogP contribution in [0.5, 0.6) is 0 Å². The molecule has 0 fully saturated rings. The normalized spacial score (nSPS) is 14.0. The maximum Gasteiger partial charge on any atom is 0.315 e. The van der Waals surface area contributed by atoms with Crippen molar-refractivity contribution in [1.29, 1.82) is 0 Å². The number of hydrogen-bond acceptors (Lipinski definition) is 3. The zero-order valence-corrected chi connectivity index (χ0v) is 13.6. The van der Waals surface area contributed by atoms with Crippen molar-refractivity contribution in [2.75, 3.05) is 0 Å². The van der Waals surface area contributed by atoms with Gasteiger partial charge in [-0.2, -0.15) is 0 Å². The molecule has 0 radical (unpaired) electrons. The smallest absolute Gasteiger partial charge is 0.315 e. The van der Waals surface area contributed by atoms with E-state index in [1.807, 2.05) is 24.3 Å². The highest BCUT2D eigenvalue weighted by Crippen LogP contribution is 2.14. The average molecular weight is 334 g/mol. The summed E-state index contributed by atoms with van der Waals surface area (Å²) in [4.78, 5) is 11.9. The number of hydrogen-bond donors (Lipinski definition) is 2. The Morgan fingerprint density at radius 3 is 2.70 bits per heavy atom. The predicted octanol–water partition coefficient (Wildman–Crippen LogP) is 2.66. The summed E-state index contributed by atoms with van der Waals surface area (Å²) in [5.74, 6) is 1.85. The van der Waals surface area contributed by atoms with Gasteiger partial charge in [-0.3, -0.25) is 0 Å². The molecule has 0 atom stereocenters. The third kappa shape index (κ3) is 4.22. The lowest BCUT2D eigenvalue weighted by atomic mass is 10.2. The van der Waals surface area contributed by atoms with Gasteiger partial charge in [-0.25, -0.2) is 4.79 Å². The highest BCUT2D eigenvalue weighted by molar-refractivity contribution is 6.30. The summed E-state index contributed by atoms with van der Waals surface area (Å²) in [5, 5.41) is 14.8. The second-order valence-corrected chi connectivity index (χ2v) is 6.09. The summed E-state index contributed by atoms with van der Waals surface area (Å²) in [6, 6.07) is 7.18. The number of aryl methyl sites for hydroxylation is 1. The first-order chi connectivity index (χ1) is 11.2. The Morgan fingerprint density at radius 1 is 1.09 bits per heavy atom. The lowest BCUT2D eigenvalue weighted by Crippen LogP contribution is -2.35. The van der Waals surface area contributed by atoms with Crippen molar-refractivity contribution in [1.82, 2.24) is 25.4 Å². The minimum absolute atomic E-state index is 0.217. The maximum absolute atomic E-state index is 11.9. The number of amides is 2. The zero-order chi connectivity index (χ0) is 16.1. The molecule has 0 aliphatic carbocycles. The van der Waals surface area contributed by atoms with Gasteiger partial charge in [0.25, 0.3) is 0 Å². The van der Waals surface area contributed by atoms with Crippen LogP contribution in [-0.4, -0.2) is 20.8 Å². The Hall–Kier alpha value is -2.08. The third-order valence-corrected chi connectivity index (χ3v) is 4.21. The fourth-order valence-electron chi connectivity index (χ4n) is 2.68. The van der Waals surface area contributed by atoms with Gasteiger partial charge in [0.15, 0.2) is 5.82 Å². The van der Waals surface area contributed by atoms with E-state index in [0.717, 1.165) is 43.0 Å². The van der Waals surface area contributed by atoms with Crippen LogP contribution in [0.2, 0.25) is 5.02 Å². The summed E-state index contributed by atoms with van der Waals surface area (Å²) < 4.78 is 2.13. The summed E-state index contributed by atoms with van der Waals surface area (Å²) in [6.45, 7) is 1.78. The molecule has 0 saturated carbocycles. The number of fused-ring (bicyclic) bond motifs is 1. The molecule has 2 N–H and O–H groups in total. The SMILES string of the molecule is O=C(NCc1ccc(Cl)cc1)NCc1nnc2n1CCCCC2. The third-order valence-electron chi connectivity index (χ3n) is 3.96. The molecular formula is C16H20ClN5O. The highest BCUT2D eigenvalue weighted by atomic mass is 35.5. The second-order valence-electron chi connectivity index (χ2n) is 5.66. The van der Waals surface area contributed by atoms with Crippen molar-refractivity contribution in [2.24, 2.45) is 0 Å². The van der Waals surface area contributed by atoms with Gasteiger partial charge in [0, 0.05) is 24.5 Å². The number of nitrogens with one attached hydrogen (secondary N) is 2. The molecular weight excluding hydrogens is 314 g/mol. The molecule has 1 aromatic carbocycles. The largest absolute Gasteiger partial charge is 0.334 e. The molecule has 6 nitrogen and oxygen atoms in total. The van der Waals surface area contributed by atoms with Crippen molar-refractivity contribution in [3.05, 3.63) is 46.5 Å². The van der Waals surface area contributed by atoms with E-state index >= 15 is 0 Å². The van der Waals surface area contributed by atoms with Gasteiger partial charge in [-0.1, -0.05) is 30.2 Å². The lowest BCUT2D eigenvalue weighted by molar-refractivity contribution is 0.239. The molecule has 7 heteroatoms. The number of carbonyl (C=O) groups is 1. The minimum atomic E-state index is -0.217. The van der Waals surface area contributed by atoms with Crippen LogP contribution in [0, 0.1) is 0 Å². The van der Waals surface area contributed by atoms with Crippen molar-refractivity contribution in [2.45, 2.75) is 45.3 Å². The average Bonchev–Trinajstić information content (AvgIpc) is 2.79. The van der Waals surface area contributed by atoms with E-state index in [0.29, 0.717) is 18.1 Å². The number of benzene rings is 1. The first-order valence-electron chi connectivity index (χ1n) is 7.89. The van der Waals surface area contributed by atoms with Gasteiger partial charge >= 0.3 is 6.03 Å². The van der Waals surface area contributed by atoms with Gasteiger partial charge < -0.3 is 15.2 Å². The Labute approximate surface area is 140 Å². The molecule has 2 aromatic rings. The molecule has 0 bridgehead atoms. The van der Waals surface area contributed by atoms with Crippen LogP contribution in [0.25, 0.3) is 0 Å². The van der Waals surface area contributed by atoms with Gasteiger partial charge in [-0.05, 0) is 30.5 Å². The number of urea groups is 1. The Kier molecular flexibility index (Phi) is 5.12. The number of aromatic nitrogens is 3. The van der Waals surface area contributed by atoms with Crippen LogP contribution in [0.4, 0.5) is 4.79 Å². The van der Waals surface area contributed by atoms with Gasteiger partial charge in [0.1, 0.15) is 5.82 Å². The summed E-state index contributed by atoms with van der Waals surface area (Å²) in [5.41, 5.74) is 1.00. The Bertz CT molecular complexity index is 668. The van der Waals surface area contributed by atoms with E-state index in [2.05, 4.69) is 25.4 Å². The van der Waals surface area contributed by atoms with Crippen LogP contribution in [0.3, 0.4) is 0 Å². The molecule has 0 spiro atoms. The van der Waals surface area contributed by atoms with Crippen LogP contribution in [-0.2, 0) is 26.1 Å². The van der Waals surface area contributed by atoms with Crippen LogP contribution in [0.1, 0.15) is 36.5 Å². The molecule has 2 amide bonds. The van der Waals surface area contributed by atoms with Crippen molar-refractivity contribution >= 4 is 17.6 Å². The lowest BCUT2D eigenvalue weighted by Gasteiger charge is -2.09. The molecule has 1 aliphatic rings. The van der Waals surface area contributed by atoms with Crippen LogP contribution >= 0.6 is 11.6 Å². The molecule has 1 aliphatic heterocycles. The van der Waals surface area contributed by atoms with Crippen LogP contribution < -0.4 is 10.6 Å². The van der Waals surface area contributed by atoms with Gasteiger partial charge in [0.2, 0.25) is 0 Å². The second kappa shape index (κ2) is 7.46. The minimum Gasteiger partial charge on any atom is -0.334 e. The summed E-state index contributed by atoms with van der Waals surface area (Å²) in [6.07, 6.45) is 4.49. The molecule has 23 heavy (non-hydrogen) atoms. The molecule has 122 valence electrons. The van der Waals surface area contributed by atoms with E-state index < -0.39 is 0 Å². The number of halogens is 1. The van der Waals surface area contributed by atoms with Crippen molar-refractivity contribution < 1.29 is 4.79 Å². The number of carbonyl (C=O) groups excluding carboxylic acids is 1. The highest BCUT2D eigenvalue weighted by Gasteiger charge is 2.14. The van der Waals surface area contributed by atoms with E-state index in [-0.39, 0.29) is 6.03 Å². The van der Waals surface area contributed by atoms with E-state index in [9.17, 15) is 4.79 Å². The van der Waals surface area contributed by atoms with E-state index in [1.54, 1.807) is 0 Å². The van der Waals surface area contributed by atoms with Gasteiger partial charge in [0.05, 0.1) is 6.54 Å². The fourth-order valence-corrected chi connectivity index (χ4v) is 2.81. The monoisotopic (exact) mass is 333 g/mol. The topological polar surface area (TPSA) is 71.8 Å². The van der Waals surface area contributed by atoms with Crippen molar-refractivity contribution in [3.8, 4) is 0 Å². The van der Waals surface area contributed by atoms with Crippen molar-refractivity contribution in [3.63, 3.8) is 0 Å². The summed E-state index contributed by atoms with van der Waals surface area (Å²) >= 11 is 5.84. The molecule has 0 saturated heterocycles. The maximum atomic E-state index is 11.9. The molecule has 0 unspecified atom stereocenters. The fraction of sp³-hybridized carbons (Fsp3) is 0.438. The Balaban J connectivity index is 1.49. The zero-order valence-electron chi connectivity index (χ0n) is 12.9. The quantitative estimate of drug-likeness (QED) is 0.903.